The lowest BCUT2D eigenvalue weighted by Gasteiger charge is -1.99. The van der Waals surface area contributed by atoms with Gasteiger partial charge in [0.1, 0.15) is 11.4 Å². The lowest BCUT2D eigenvalue weighted by molar-refractivity contribution is 0.0698. The lowest BCUT2D eigenvalue weighted by atomic mass is 10.2. The van der Waals surface area contributed by atoms with Crippen molar-refractivity contribution in [2.24, 2.45) is 5.73 Å². The largest absolute Gasteiger partial charge is 0.478 e. The monoisotopic (exact) mass is 263 g/mol. The molecule has 3 N–H and O–H groups in total. The maximum atomic E-state index is 13.5. The van der Waals surface area contributed by atoms with Gasteiger partial charge in [-0.1, -0.05) is 6.58 Å². The van der Waals surface area contributed by atoms with E-state index in [-0.39, 0.29) is 27.5 Å². The third kappa shape index (κ3) is 2.15. The highest BCUT2D eigenvalue weighted by molar-refractivity contribution is 5.94. The van der Waals surface area contributed by atoms with Gasteiger partial charge in [-0.3, -0.25) is 0 Å². The molecule has 0 aliphatic heterocycles. The Morgan fingerprint density at radius 2 is 2.32 bits per heavy atom. The smallest absolute Gasteiger partial charge is 0.339 e. The SMILES string of the molecule is C=c1/c(=C\C(F)=C(/C)N)cc(C(=O)O)c2nnnn12. The number of aromatic carboxylic acids is 1. The van der Waals surface area contributed by atoms with Gasteiger partial charge in [0, 0.05) is 10.9 Å². The van der Waals surface area contributed by atoms with Crippen molar-refractivity contribution in [3.8, 4) is 0 Å². The summed E-state index contributed by atoms with van der Waals surface area (Å²) in [6, 6.07) is 1.25. The second-order valence-corrected chi connectivity index (χ2v) is 3.85. The molecule has 19 heavy (non-hydrogen) atoms. The van der Waals surface area contributed by atoms with Crippen LogP contribution in [-0.2, 0) is 0 Å². The van der Waals surface area contributed by atoms with Gasteiger partial charge in [-0.05, 0) is 29.5 Å². The number of nitrogens with zero attached hydrogens (tertiary/aromatic N) is 4. The van der Waals surface area contributed by atoms with Crippen molar-refractivity contribution in [2.75, 3.05) is 0 Å². The number of nitrogens with two attached hydrogens (primary N) is 1. The summed E-state index contributed by atoms with van der Waals surface area (Å²) in [7, 11) is 0. The number of carboxylic acid groups (broad SMARTS) is 1. The van der Waals surface area contributed by atoms with Crippen LogP contribution in [-0.4, -0.2) is 31.1 Å². The summed E-state index contributed by atoms with van der Waals surface area (Å²) in [5.74, 6) is -1.89. The zero-order valence-corrected chi connectivity index (χ0v) is 9.96. The first kappa shape index (κ1) is 12.7. The summed E-state index contributed by atoms with van der Waals surface area (Å²) in [5, 5.41) is 20.2. The fourth-order valence-corrected chi connectivity index (χ4v) is 1.50. The van der Waals surface area contributed by atoms with Crippen LogP contribution in [0.3, 0.4) is 0 Å². The minimum atomic E-state index is -1.22. The van der Waals surface area contributed by atoms with E-state index in [9.17, 15) is 9.18 Å². The molecule has 0 saturated carbocycles. The van der Waals surface area contributed by atoms with Gasteiger partial charge in [0.25, 0.3) is 0 Å². The molecule has 2 heterocycles. The number of hydrogen-bond donors (Lipinski definition) is 2. The van der Waals surface area contributed by atoms with E-state index in [0.29, 0.717) is 0 Å². The summed E-state index contributed by atoms with van der Waals surface area (Å²) in [6.45, 7) is 5.09. The van der Waals surface area contributed by atoms with Gasteiger partial charge in [-0.25, -0.2) is 9.18 Å². The molecule has 2 aromatic heterocycles. The van der Waals surface area contributed by atoms with E-state index in [2.05, 4.69) is 22.1 Å². The molecule has 98 valence electrons. The molecular formula is C11H10FN5O2. The van der Waals surface area contributed by atoms with Crippen molar-refractivity contribution < 1.29 is 14.3 Å². The number of halogens is 1. The molecule has 0 aliphatic rings. The van der Waals surface area contributed by atoms with Gasteiger partial charge in [0.15, 0.2) is 5.65 Å². The van der Waals surface area contributed by atoms with Crippen LogP contribution in [0.5, 0.6) is 0 Å². The molecule has 0 aromatic carbocycles. The molecule has 0 fully saturated rings. The Hall–Kier alpha value is -2.77. The van der Waals surface area contributed by atoms with Gasteiger partial charge in [-0.2, -0.15) is 4.52 Å². The molecule has 2 aromatic rings. The maximum Gasteiger partial charge on any atom is 0.339 e. The van der Waals surface area contributed by atoms with E-state index in [0.717, 1.165) is 10.6 Å². The molecule has 0 amide bonds. The van der Waals surface area contributed by atoms with Crippen LogP contribution < -0.4 is 16.3 Å². The standard InChI is InChI=1S/C11H10FN5O2/c1-5(13)9(12)4-7-3-8(11(18)19)10-14-15-16-17(10)6(7)2/h3-4H,2,13H2,1H3,(H,18,19)/b7-4-,9-5-. The molecule has 7 nitrogen and oxygen atoms in total. The first-order valence-electron chi connectivity index (χ1n) is 5.18. The molecule has 0 saturated heterocycles. The summed E-state index contributed by atoms with van der Waals surface area (Å²) in [6.07, 6.45) is 1.09. The lowest BCUT2D eigenvalue weighted by Crippen LogP contribution is -2.33. The number of allylic oxidation sites excluding steroid dienone is 2. The second kappa shape index (κ2) is 4.48. The quantitative estimate of drug-likeness (QED) is 0.732. The number of carbonyl (C=O) groups is 1. The van der Waals surface area contributed by atoms with Crippen LogP contribution in [0, 0.1) is 0 Å². The first-order chi connectivity index (χ1) is 8.91. The fourth-order valence-electron chi connectivity index (χ4n) is 1.50. The Kier molecular flexibility index (Phi) is 2.99. The topological polar surface area (TPSA) is 106 Å². The van der Waals surface area contributed by atoms with Crippen LogP contribution in [0.25, 0.3) is 18.3 Å². The summed E-state index contributed by atoms with van der Waals surface area (Å²) in [5.41, 5.74) is 5.19. The van der Waals surface area contributed by atoms with Crippen molar-refractivity contribution in [3.05, 3.63) is 33.7 Å². The van der Waals surface area contributed by atoms with Gasteiger partial charge in [0.2, 0.25) is 0 Å². The molecule has 0 atom stereocenters. The predicted octanol–water partition coefficient (Wildman–Crippen LogP) is -0.827. The van der Waals surface area contributed by atoms with E-state index in [1.54, 1.807) is 0 Å². The van der Waals surface area contributed by atoms with Crippen molar-refractivity contribution in [1.29, 1.82) is 0 Å². The van der Waals surface area contributed by atoms with E-state index in [4.69, 9.17) is 10.8 Å². The highest BCUT2D eigenvalue weighted by Gasteiger charge is 2.13. The summed E-state index contributed by atoms with van der Waals surface area (Å²) >= 11 is 0. The Bertz CT molecular complexity index is 804. The summed E-state index contributed by atoms with van der Waals surface area (Å²) in [4.78, 5) is 11.1. The number of rotatable bonds is 2. The van der Waals surface area contributed by atoms with E-state index in [1.807, 2.05) is 0 Å². The van der Waals surface area contributed by atoms with Crippen LogP contribution in [0.1, 0.15) is 17.3 Å². The third-order valence-corrected chi connectivity index (χ3v) is 2.49. The normalized spacial score (nSPS) is 13.7. The fraction of sp³-hybridized carbons (Fsp3) is 0.0909. The molecule has 0 bridgehead atoms. The highest BCUT2D eigenvalue weighted by atomic mass is 19.1. The number of pyridine rings is 1. The Morgan fingerprint density at radius 3 is 2.89 bits per heavy atom. The Labute approximate surface area is 106 Å². The van der Waals surface area contributed by atoms with Crippen molar-refractivity contribution in [3.63, 3.8) is 0 Å². The molecule has 0 spiro atoms. The molecular weight excluding hydrogens is 253 g/mol. The van der Waals surface area contributed by atoms with Crippen LogP contribution in [0.15, 0.2) is 17.6 Å². The van der Waals surface area contributed by atoms with Crippen molar-refractivity contribution in [2.45, 2.75) is 6.92 Å². The first-order valence-corrected chi connectivity index (χ1v) is 5.18. The zero-order valence-electron chi connectivity index (χ0n) is 9.96. The van der Waals surface area contributed by atoms with Gasteiger partial charge >= 0.3 is 5.97 Å². The molecule has 2 rings (SSSR count). The Balaban J connectivity index is 2.91. The number of carboxylic acids is 1. The second-order valence-electron chi connectivity index (χ2n) is 3.85. The van der Waals surface area contributed by atoms with Crippen LogP contribution in [0.2, 0.25) is 0 Å². The van der Waals surface area contributed by atoms with E-state index < -0.39 is 11.8 Å². The van der Waals surface area contributed by atoms with Gasteiger partial charge in [0.05, 0.1) is 5.35 Å². The minimum absolute atomic E-state index is 0.0203. The molecule has 0 radical (unpaired) electrons. The highest BCUT2D eigenvalue weighted by Crippen LogP contribution is 2.03. The number of fused-ring (bicyclic) bond motifs is 1. The van der Waals surface area contributed by atoms with Crippen molar-refractivity contribution >= 4 is 24.3 Å². The minimum Gasteiger partial charge on any atom is -0.478 e. The number of tetrazole rings is 1. The maximum absolute atomic E-state index is 13.5. The third-order valence-electron chi connectivity index (χ3n) is 2.49. The molecule has 0 aliphatic carbocycles. The predicted molar refractivity (Wildman–Crippen MR) is 65.0 cm³/mol. The number of aromatic nitrogens is 4. The van der Waals surface area contributed by atoms with Crippen molar-refractivity contribution in [1.82, 2.24) is 20.0 Å². The molecule has 8 heteroatoms. The van der Waals surface area contributed by atoms with Crippen LogP contribution in [0.4, 0.5) is 4.39 Å². The average Bonchev–Trinajstić information content (AvgIpc) is 2.81. The number of hydrogen-bond acceptors (Lipinski definition) is 5. The van der Waals surface area contributed by atoms with Gasteiger partial charge in [-0.15, -0.1) is 5.10 Å². The average molecular weight is 263 g/mol. The zero-order chi connectivity index (χ0) is 14.2. The van der Waals surface area contributed by atoms with Gasteiger partial charge < -0.3 is 10.8 Å². The van der Waals surface area contributed by atoms with E-state index >= 15 is 0 Å². The Morgan fingerprint density at radius 1 is 1.63 bits per heavy atom. The van der Waals surface area contributed by atoms with E-state index in [1.165, 1.54) is 13.0 Å². The molecule has 0 unspecified atom stereocenters. The summed E-state index contributed by atoms with van der Waals surface area (Å²) < 4.78 is 14.6. The van der Waals surface area contributed by atoms with Crippen LogP contribution >= 0.6 is 0 Å².